The van der Waals surface area contributed by atoms with Crippen LogP contribution in [0.25, 0.3) is 0 Å². The maximum Gasteiger partial charge on any atom is 0.0990 e. The average Bonchev–Trinajstić information content (AvgIpc) is 2.80. The zero-order valence-electron chi connectivity index (χ0n) is 12.4. The third-order valence-corrected chi connectivity index (χ3v) is 3.97. The Labute approximate surface area is 121 Å². The normalized spacial score (nSPS) is 24.1. The lowest BCUT2D eigenvalue weighted by Crippen LogP contribution is -2.22. The Balaban J connectivity index is 2.02. The standard InChI is InChI=1S/C16H26N2O2/c1-3-9-17-14(4-2)12-5-7-13(8-6-12)18-10-15(19)16(20)11-18/h5-8,14-17,19-20H,3-4,9-11H2,1-2H3. The van der Waals surface area contributed by atoms with Gasteiger partial charge in [0.2, 0.25) is 0 Å². The topological polar surface area (TPSA) is 55.7 Å². The molecule has 0 radical (unpaired) electrons. The second-order valence-electron chi connectivity index (χ2n) is 5.55. The number of rotatable bonds is 6. The van der Waals surface area contributed by atoms with Crippen LogP contribution in [0.3, 0.4) is 0 Å². The van der Waals surface area contributed by atoms with Crippen LogP contribution in [-0.2, 0) is 0 Å². The molecular formula is C16H26N2O2. The van der Waals surface area contributed by atoms with E-state index in [1.54, 1.807) is 0 Å². The van der Waals surface area contributed by atoms with Crippen molar-refractivity contribution in [3.05, 3.63) is 29.8 Å². The fraction of sp³-hybridized carbons (Fsp3) is 0.625. The molecule has 1 aromatic rings. The summed E-state index contributed by atoms with van der Waals surface area (Å²) in [6.07, 6.45) is 0.937. The Kier molecular flexibility index (Phi) is 5.40. The van der Waals surface area contributed by atoms with Gasteiger partial charge >= 0.3 is 0 Å². The van der Waals surface area contributed by atoms with E-state index < -0.39 is 12.2 Å². The van der Waals surface area contributed by atoms with Gasteiger partial charge in [0.05, 0.1) is 12.2 Å². The number of hydrogen-bond donors (Lipinski definition) is 3. The molecule has 3 N–H and O–H groups in total. The lowest BCUT2D eigenvalue weighted by atomic mass is 10.0. The van der Waals surface area contributed by atoms with Crippen molar-refractivity contribution in [1.82, 2.24) is 5.32 Å². The van der Waals surface area contributed by atoms with Gasteiger partial charge in [-0.25, -0.2) is 0 Å². The maximum absolute atomic E-state index is 9.61. The number of nitrogens with zero attached hydrogens (tertiary/aromatic N) is 1. The van der Waals surface area contributed by atoms with Crippen LogP contribution >= 0.6 is 0 Å². The van der Waals surface area contributed by atoms with E-state index in [1.165, 1.54) is 5.56 Å². The first-order valence-corrected chi connectivity index (χ1v) is 7.60. The molecule has 1 aromatic carbocycles. The molecule has 0 spiro atoms. The number of benzene rings is 1. The average molecular weight is 278 g/mol. The van der Waals surface area contributed by atoms with Crippen LogP contribution in [0, 0.1) is 0 Å². The largest absolute Gasteiger partial charge is 0.389 e. The fourth-order valence-electron chi connectivity index (χ4n) is 2.71. The van der Waals surface area contributed by atoms with E-state index in [9.17, 15) is 10.2 Å². The number of nitrogens with one attached hydrogen (secondary N) is 1. The first kappa shape index (κ1) is 15.3. The molecule has 2 rings (SSSR count). The van der Waals surface area contributed by atoms with Gasteiger partial charge < -0.3 is 20.4 Å². The van der Waals surface area contributed by atoms with E-state index in [-0.39, 0.29) is 0 Å². The lowest BCUT2D eigenvalue weighted by Gasteiger charge is -2.21. The summed E-state index contributed by atoms with van der Waals surface area (Å²) in [4.78, 5) is 2.03. The summed E-state index contributed by atoms with van der Waals surface area (Å²) in [5.74, 6) is 0. The molecule has 0 bridgehead atoms. The summed E-state index contributed by atoms with van der Waals surface area (Å²) >= 11 is 0. The fourth-order valence-corrected chi connectivity index (χ4v) is 2.71. The zero-order chi connectivity index (χ0) is 14.5. The molecule has 1 aliphatic rings. The minimum atomic E-state index is -0.635. The molecule has 1 heterocycles. The van der Waals surface area contributed by atoms with Crippen LogP contribution < -0.4 is 10.2 Å². The van der Waals surface area contributed by atoms with Gasteiger partial charge in [-0.15, -0.1) is 0 Å². The van der Waals surface area contributed by atoms with E-state index >= 15 is 0 Å². The highest BCUT2D eigenvalue weighted by atomic mass is 16.3. The zero-order valence-corrected chi connectivity index (χ0v) is 12.4. The van der Waals surface area contributed by atoms with Gasteiger partial charge in [0.1, 0.15) is 0 Å². The Morgan fingerprint density at radius 1 is 1.15 bits per heavy atom. The molecule has 3 unspecified atom stereocenters. The molecule has 1 aliphatic heterocycles. The van der Waals surface area contributed by atoms with E-state index in [2.05, 4.69) is 43.4 Å². The van der Waals surface area contributed by atoms with Crippen LogP contribution in [0.5, 0.6) is 0 Å². The SMILES string of the molecule is CCCNC(CC)c1ccc(N2CC(O)C(O)C2)cc1. The molecular weight excluding hydrogens is 252 g/mol. The number of aliphatic hydroxyl groups excluding tert-OH is 2. The third-order valence-electron chi connectivity index (χ3n) is 3.97. The molecule has 4 nitrogen and oxygen atoms in total. The summed E-state index contributed by atoms with van der Waals surface area (Å²) in [5.41, 5.74) is 2.36. The summed E-state index contributed by atoms with van der Waals surface area (Å²) in [7, 11) is 0. The molecule has 20 heavy (non-hydrogen) atoms. The number of aliphatic hydroxyl groups is 2. The molecule has 1 saturated heterocycles. The molecule has 112 valence electrons. The smallest absolute Gasteiger partial charge is 0.0990 e. The van der Waals surface area contributed by atoms with Crippen molar-refractivity contribution in [2.75, 3.05) is 24.5 Å². The van der Waals surface area contributed by atoms with Gasteiger partial charge in [0.25, 0.3) is 0 Å². The predicted octanol–water partition coefficient (Wildman–Crippen LogP) is 1.68. The van der Waals surface area contributed by atoms with Gasteiger partial charge in [-0.2, -0.15) is 0 Å². The van der Waals surface area contributed by atoms with E-state index in [0.717, 1.165) is 25.1 Å². The molecule has 4 heteroatoms. The molecule has 3 atom stereocenters. The summed E-state index contributed by atoms with van der Waals surface area (Å²) in [6, 6.07) is 8.85. The molecule has 0 aromatic heterocycles. The number of anilines is 1. The number of hydrogen-bond acceptors (Lipinski definition) is 4. The van der Waals surface area contributed by atoms with Gasteiger partial charge in [-0.1, -0.05) is 26.0 Å². The van der Waals surface area contributed by atoms with Gasteiger partial charge in [-0.3, -0.25) is 0 Å². The molecule has 0 amide bonds. The predicted molar refractivity (Wildman–Crippen MR) is 82.0 cm³/mol. The van der Waals surface area contributed by atoms with Crippen molar-refractivity contribution in [3.63, 3.8) is 0 Å². The maximum atomic E-state index is 9.61. The van der Waals surface area contributed by atoms with Crippen molar-refractivity contribution < 1.29 is 10.2 Å². The lowest BCUT2D eigenvalue weighted by molar-refractivity contribution is 0.0572. The van der Waals surface area contributed by atoms with Crippen molar-refractivity contribution in [1.29, 1.82) is 0 Å². The first-order chi connectivity index (χ1) is 9.65. The highest BCUT2D eigenvalue weighted by Crippen LogP contribution is 2.24. The van der Waals surface area contributed by atoms with E-state index in [1.807, 2.05) is 4.90 Å². The Morgan fingerprint density at radius 2 is 1.75 bits per heavy atom. The Hall–Kier alpha value is -1.10. The second kappa shape index (κ2) is 7.07. The van der Waals surface area contributed by atoms with E-state index in [0.29, 0.717) is 19.1 Å². The Bertz CT molecular complexity index is 397. The highest BCUT2D eigenvalue weighted by Gasteiger charge is 2.29. The van der Waals surface area contributed by atoms with Crippen molar-refractivity contribution in [2.45, 2.75) is 44.9 Å². The van der Waals surface area contributed by atoms with Crippen molar-refractivity contribution >= 4 is 5.69 Å². The minimum Gasteiger partial charge on any atom is -0.389 e. The van der Waals surface area contributed by atoms with Crippen LogP contribution in [0.1, 0.15) is 38.3 Å². The van der Waals surface area contributed by atoms with Crippen LogP contribution in [0.15, 0.2) is 24.3 Å². The van der Waals surface area contributed by atoms with Gasteiger partial charge in [0, 0.05) is 24.8 Å². The van der Waals surface area contributed by atoms with Crippen molar-refractivity contribution in [3.8, 4) is 0 Å². The number of β-amino-alcohol motifs (C(OH)–C–C–N with tert-alkyl or cyclic N) is 2. The van der Waals surface area contributed by atoms with Gasteiger partial charge in [0.15, 0.2) is 0 Å². The van der Waals surface area contributed by atoms with Crippen LogP contribution in [-0.4, -0.2) is 42.1 Å². The van der Waals surface area contributed by atoms with Crippen molar-refractivity contribution in [2.24, 2.45) is 0 Å². The monoisotopic (exact) mass is 278 g/mol. The van der Waals surface area contributed by atoms with Crippen LogP contribution in [0.4, 0.5) is 5.69 Å². The highest BCUT2D eigenvalue weighted by molar-refractivity contribution is 5.49. The van der Waals surface area contributed by atoms with E-state index in [4.69, 9.17) is 0 Å². The second-order valence-corrected chi connectivity index (χ2v) is 5.55. The minimum absolute atomic E-state index is 0.402. The first-order valence-electron chi connectivity index (χ1n) is 7.60. The molecule has 1 fully saturated rings. The molecule has 0 saturated carbocycles. The Morgan fingerprint density at radius 3 is 2.25 bits per heavy atom. The van der Waals surface area contributed by atoms with Gasteiger partial charge in [-0.05, 0) is 37.1 Å². The summed E-state index contributed by atoms with van der Waals surface area (Å²) < 4.78 is 0. The third kappa shape index (κ3) is 3.51. The molecule has 0 aliphatic carbocycles. The summed E-state index contributed by atoms with van der Waals surface area (Å²) in [5, 5.41) is 22.8. The van der Waals surface area contributed by atoms with Crippen LogP contribution in [0.2, 0.25) is 0 Å². The quantitative estimate of drug-likeness (QED) is 0.741. The summed E-state index contributed by atoms with van der Waals surface area (Å²) in [6.45, 7) is 6.41.